The summed E-state index contributed by atoms with van der Waals surface area (Å²) in [5.41, 5.74) is 0.300. The Kier molecular flexibility index (Phi) is 3.48. The highest BCUT2D eigenvalue weighted by Crippen LogP contribution is 2.30. The Morgan fingerprint density at radius 1 is 1.18 bits per heavy atom. The number of nitrogens with zero attached hydrogens (tertiary/aromatic N) is 1. The minimum atomic E-state index is -0.473. The number of aromatic hydroxyl groups is 1. The van der Waals surface area contributed by atoms with Gasteiger partial charge in [-0.15, -0.1) is 11.3 Å². The van der Waals surface area contributed by atoms with Gasteiger partial charge in [-0.3, -0.25) is 14.9 Å². The lowest BCUT2D eigenvalue weighted by atomic mass is 10.2. The first-order valence-electron chi connectivity index (χ1n) is 6.32. The Bertz CT molecular complexity index is 888. The highest BCUT2D eigenvalue weighted by atomic mass is 32.1. The van der Waals surface area contributed by atoms with Crippen LogP contribution >= 0.6 is 11.3 Å². The van der Waals surface area contributed by atoms with Crippen LogP contribution in [0.2, 0.25) is 0 Å². The van der Waals surface area contributed by atoms with E-state index in [2.05, 4.69) is 5.32 Å². The van der Waals surface area contributed by atoms with E-state index in [1.807, 2.05) is 0 Å². The smallest absolute Gasteiger partial charge is 0.270 e. The summed E-state index contributed by atoms with van der Waals surface area (Å²) in [4.78, 5) is 22.9. The standard InChI is InChI=1S/C15H10N2O4S/c18-12-4-2-1-3-11(12)16-15(19)14-8-9-7-10(17(20)21)5-6-13(9)22-14/h1-8,18H,(H,16,19). The van der Waals surface area contributed by atoms with Gasteiger partial charge in [-0.2, -0.15) is 0 Å². The van der Waals surface area contributed by atoms with Crippen LogP contribution in [0.25, 0.3) is 10.1 Å². The summed E-state index contributed by atoms with van der Waals surface area (Å²) < 4.78 is 0.785. The zero-order valence-electron chi connectivity index (χ0n) is 11.1. The molecule has 0 fully saturated rings. The summed E-state index contributed by atoms with van der Waals surface area (Å²) in [6.45, 7) is 0. The highest BCUT2D eigenvalue weighted by molar-refractivity contribution is 7.20. The molecule has 2 N–H and O–H groups in total. The number of carbonyl (C=O) groups excluding carboxylic acids is 1. The lowest BCUT2D eigenvalue weighted by Gasteiger charge is -2.04. The zero-order valence-corrected chi connectivity index (χ0v) is 12.0. The second-order valence-corrected chi connectivity index (χ2v) is 5.64. The van der Waals surface area contributed by atoms with Gasteiger partial charge in [0.15, 0.2) is 0 Å². The summed E-state index contributed by atoms with van der Waals surface area (Å²) in [6, 6.07) is 12.5. The number of carbonyl (C=O) groups is 1. The number of nitro groups is 1. The van der Waals surface area contributed by atoms with Crippen LogP contribution in [0, 0.1) is 10.1 Å². The number of benzene rings is 2. The molecule has 0 aliphatic carbocycles. The number of thiophene rings is 1. The van der Waals surface area contributed by atoms with E-state index in [4.69, 9.17) is 0 Å². The van der Waals surface area contributed by atoms with E-state index < -0.39 is 4.92 Å². The van der Waals surface area contributed by atoms with Gasteiger partial charge in [0.25, 0.3) is 11.6 Å². The van der Waals surface area contributed by atoms with Crippen molar-refractivity contribution in [1.29, 1.82) is 0 Å². The maximum atomic E-state index is 12.2. The molecule has 0 radical (unpaired) electrons. The van der Waals surface area contributed by atoms with Gasteiger partial charge in [0.2, 0.25) is 0 Å². The molecule has 110 valence electrons. The molecule has 3 rings (SSSR count). The molecule has 0 saturated heterocycles. The van der Waals surface area contributed by atoms with Crippen LogP contribution in [-0.2, 0) is 0 Å². The number of phenols is 1. The van der Waals surface area contributed by atoms with Crippen molar-refractivity contribution in [2.45, 2.75) is 0 Å². The molecular formula is C15H10N2O4S. The number of anilines is 1. The van der Waals surface area contributed by atoms with Gasteiger partial charge < -0.3 is 10.4 Å². The topological polar surface area (TPSA) is 92.5 Å². The Balaban J connectivity index is 1.91. The Labute approximate surface area is 128 Å². The quantitative estimate of drug-likeness (QED) is 0.437. The van der Waals surface area contributed by atoms with Gasteiger partial charge in [-0.25, -0.2) is 0 Å². The van der Waals surface area contributed by atoms with Crippen molar-refractivity contribution in [1.82, 2.24) is 0 Å². The lowest BCUT2D eigenvalue weighted by molar-refractivity contribution is -0.384. The van der Waals surface area contributed by atoms with E-state index in [0.29, 0.717) is 16.0 Å². The van der Waals surface area contributed by atoms with Crippen LogP contribution in [-0.4, -0.2) is 15.9 Å². The van der Waals surface area contributed by atoms with Gasteiger partial charge >= 0.3 is 0 Å². The first-order valence-corrected chi connectivity index (χ1v) is 7.13. The molecule has 2 aromatic carbocycles. The van der Waals surface area contributed by atoms with Crippen LogP contribution in [0.4, 0.5) is 11.4 Å². The minimum Gasteiger partial charge on any atom is -0.506 e. The number of amides is 1. The van der Waals surface area contributed by atoms with Crippen LogP contribution in [0.1, 0.15) is 9.67 Å². The van der Waals surface area contributed by atoms with Crippen molar-refractivity contribution in [3.8, 4) is 5.75 Å². The maximum Gasteiger partial charge on any atom is 0.270 e. The monoisotopic (exact) mass is 314 g/mol. The second kappa shape index (κ2) is 5.45. The third-order valence-electron chi connectivity index (χ3n) is 3.09. The Morgan fingerprint density at radius 2 is 1.95 bits per heavy atom. The largest absolute Gasteiger partial charge is 0.506 e. The van der Waals surface area contributed by atoms with E-state index in [0.717, 1.165) is 4.70 Å². The summed E-state index contributed by atoms with van der Waals surface area (Å²) in [5.74, 6) is -0.391. The van der Waals surface area contributed by atoms with Crippen molar-refractivity contribution in [2.24, 2.45) is 0 Å². The van der Waals surface area contributed by atoms with Crippen LogP contribution in [0.3, 0.4) is 0 Å². The summed E-state index contributed by atoms with van der Waals surface area (Å²) >= 11 is 1.23. The maximum absolute atomic E-state index is 12.2. The number of para-hydroxylation sites is 2. The predicted octanol–water partition coefficient (Wildman–Crippen LogP) is 3.77. The van der Waals surface area contributed by atoms with Crippen molar-refractivity contribution in [3.05, 3.63) is 63.5 Å². The molecule has 0 spiro atoms. The zero-order chi connectivity index (χ0) is 15.7. The number of nitro benzene ring substituents is 1. The SMILES string of the molecule is O=C(Nc1ccccc1O)c1cc2cc([N+](=O)[O-])ccc2s1. The molecule has 1 amide bonds. The molecule has 0 bridgehead atoms. The summed E-state index contributed by atoms with van der Waals surface area (Å²) in [5, 5.41) is 23.7. The first kappa shape index (κ1) is 14.0. The molecule has 6 nitrogen and oxygen atoms in total. The van der Waals surface area contributed by atoms with Gasteiger partial charge in [0, 0.05) is 22.2 Å². The fourth-order valence-electron chi connectivity index (χ4n) is 2.02. The number of fused-ring (bicyclic) bond motifs is 1. The molecule has 0 aliphatic rings. The molecule has 22 heavy (non-hydrogen) atoms. The average molecular weight is 314 g/mol. The molecule has 0 aliphatic heterocycles. The number of non-ortho nitro benzene ring substituents is 1. The van der Waals surface area contributed by atoms with E-state index in [9.17, 15) is 20.0 Å². The molecule has 0 saturated carbocycles. The molecule has 7 heteroatoms. The molecule has 1 heterocycles. The fourth-order valence-corrected chi connectivity index (χ4v) is 2.96. The van der Waals surface area contributed by atoms with Crippen molar-refractivity contribution in [2.75, 3.05) is 5.32 Å². The third kappa shape index (κ3) is 2.61. The first-order chi connectivity index (χ1) is 10.5. The average Bonchev–Trinajstić information content (AvgIpc) is 2.92. The minimum absolute atomic E-state index is 0.0158. The van der Waals surface area contributed by atoms with Crippen molar-refractivity contribution >= 4 is 38.7 Å². The second-order valence-electron chi connectivity index (χ2n) is 4.56. The molecule has 0 atom stereocenters. The third-order valence-corrected chi connectivity index (χ3v) is 4.20. The highest BCUT2D eigenvalue weighted by Gasteiger charge is 2.14. The Morgan fingerprint density at radius 3 is 2.68 bits per heavy atom. The number of rotatable bonds is 3. The summed E-state index contributed by atoms with van der Waals surface area (Å²) in [6.07, 6.45) is 0. The van der Waals surface area contributed by atoms with Crippen LogP contribution in [0.15, 0.2) is 48.5 Å². The normalized spacial score (nSPS) is 10.5. The number of hydrogen-bond acceptors (Lipinski definition) is 5. The van der Waals surface area contributed by atoms with Crippen molar-refractivity contribution < 1.29 is 14.8 Å². The van der Waals surface area contributed by atoms with Crippen molar-refractivity contribution in [3.63, 3.8) is 0 Å². The van der Waals surface area contributed by atoms with Gasteiger partial charge in [0.1, 0.15) is 5.75 Å². The number of phenolic OH excluding ortho intramolecular Hbond substituents is 1. The van der Waals surface area contributed by atoms with E-state index in [1.165, 1.54) is 29.5 Å². The number of nitrogens with one attached hydrogen (secondary N) is 1. The number of hydrogen-bond donors (Lipinski definition) is 2. The van der Waals surface area contributed by atoms with Crippen LogP contribution < -0.4 is 5.32 Å². The van der Waals surface area contributed by atoms with Crippen LogP contribution in [0.5, 0.6) is 5.75 Å². The van der Waals surface area contributed by atoms with E-state index >= 15 is 0 Å². The molecule has 0 unspecified atom stereocenters. The van der Waals surface area contributed by atoms with E-state index in [-0.39, 0.29) is 17.3 Å². The Hall–Kier alpha value is -2.93. The fraction of sp³-hybridized carbons (Fsp3) is 0. The van der Waals surface area contributed by atoms with Gasteiger partial charge in [-0.05, 0) is 24.3 Å². The van der Waals surface area contributed by atoms with Gasteiger partial charge in [0.05, 0.1) is 15.5 Å². The molecule has 3 aromatic rings. The summed E-state index contributed by atoms with van der Waals surface area (Å²) in [7, 11) is 0. The van der Waals surface area contributed by atoms with E-state index in [1.54, 1.807) is 30.3 Å². The lowest BCUT2D eigenvalue weighted by Crippen LogP contribution is -2.09. The molecular weight excluding hydrogens is 304 g/mol. The van der Waals surface area contributed by atoms with Gasteiger partial charge in [-0.1, -0.05) is 12.1 Å². The predicted molar refractivity (Wildman–Crippen MR) is 84.5 cm³/mol. The molecule has 1 aromatic heterocycles.